The standard InChI is InChI=1S/C14H24O4P2/c1-11(2)9-17-19(15)13-7-5-6-8-14(13)20(16)18-10-12(3)4/h5-8,11-12,19-20H,9-10H2,1-4H3. The normalized spacial score (nSPS) is 14.7. The molecule has 0 aliphatic heterocycles. The molecule has 6 heteroatoms. The van der Waals surface area contributed by atoms with E-state index in [1.165, 1.54) is 0 Å². The second kappa shape index (κ2) is 8.79. The molecule has 0 fully saturated rings. The number of rotatable bonds is 8. The summed E-state index contributed by atoms with van der Waals surface area (Å²) in [5.74, 6) is 0.621. The Morgan fingerprint density at radius 2 is 1.20 bits per heavy atom. The zero-order chi connectivity index (χ0) is 15.1. The molecule has 0 saturated carbocycles. The fourth-order valence-corrected chi connectivity index (χ4v) is 4.44. The van der Waals surface area contributed by atoms with Crippen LogP contribution in [0.1, 0.15) is 27.7 Å². The molecule has 4 nitrogen and oxygen atoms in total. The summed E-state index contributed by atoms with van der Waals surface area (Å²) in [5.41, 5.74) is 0. The minimum absolute atomic E-state index is 0.310. The smallest absolute Gasteiger partial charge is 0.221 e. The first kappa shape index (κ1) is 17.7. The third kappa shape index (κ3) is 5.93. The average molecular weight is 318 g/mol. The summed E-state index contributed by atoms with van der Waals surface area (Å²) in [4.78, 5) is 0. The molecule has 0 N–H and O–H groups in total. The molecule has 0 aliphatic rings. The molecular formula is C14H24O4P2. The van der Waals surface area contributed by atoms with Gasteiger partial charge in [-0.1, -0.05) is 39.8 Å². The van der Waals surface area contributed by atoms with E-state index in [4.69, 9.17) is 9.05 Å². The van der Waals surface area contributed by atoms with E-state index in [-0.39, 0.29) is 0 Å². The SMILES string of the molecule is CC(C)CO[PH](=O)c1ccccc1[PH](=O)OCC(C)C. The van der Waals surface area contributed by atoms with Crippen LogP contribution < -0.4 is 10.6 Å². The van der Waals surface area contributed by atoms with Gasteiger partial charge in [-0.15, -0.1) is 0 Å². The van der Waals surface area contributed by atoms with Crippen LogP contribution in [0.3, 0.4) is 0 Å². The quantitative estimate of drug-likeness (QED) is 0.691. The van der Waals surface area contributed by atoms with E-state index in [9.17, 15) is 9.13 Å². The van der Waals surface area contributed by atoms with Crippen LogP contribution >= 0.6 is 16.1 Å². The lowest BCUT2D eigenvalue weighted by atomic mass is 10.2. The number of hydrogen-bond donors (Lipinski definition) is 0. The second-order valence-corrected chi connectivity index (χ2v) is 8.33. The minimum atomic E-state index is -2.38. The lowest BCUT2D eigenvalue weighted by Crippen LogP contribution is -2.19. The van der Waals surface area contributed by atoms with Gasteiger partial charge in [-0.25, -0.2) is 0 Å². The van der Waals surface area contributed by atoms with Gasteiger partial charge in [0.2, 0.25) is 16.1 Å². The van der Waals surface area contributed by atoms with E-state index < -0.39 is 16.1 Å². The van der Waals surface area contributed by atoms with Gasteiger partial charge in [0, 0.05) is 10.6 Å². The van der Waals surface area contributed by atoms with E-state index in [1.807, 2.05) is 27.7 Å². The summed E-state index contributed by atoms with van der Waals surface area (Å²) in [5, 5.41) is 1.04. The Morgan fingerprint density at radius 1 is 0.850 bits per heavy atom. The fraction of sp³-hybridized carbons (Fsp3) is 0.571. The van der Waals surface area contributed by atoms with Crippen molar-refractivity contribution in [2.24, 2.45) is 11.8 Å². The Kier molecular flexibility index (Phi) is 7.76. The molecule has 1 aromatic rings. The molecule has 0 saturated heterocycles. The van der Waals surface area contributed by atoms with Crippen molar-refractivity contribution in [1.29, 1.82) is 0 Å². The highest BCUT2D eigenvalue weighted by molar-refractivity contribution is 7.55. The molecule has 1 rings (SSSR count). The topological polar surface area (TPSA) is 52.6 Å². The summed E-state index contributed by atoms with van der Waals surface area (Å²) in [7, 11) is -4.76. The Morgan fingerprint density at radius 3 is 1.50 bits per heavy atom. The van der Waals surface area contributed by atoms with Crippen LogP contribution in [0.15, 0.2) is 24.3 Å². The molecule has 0 radical (unpaired) electrons. The third-order valence-corrected chi connectivity index (χ3v) is 5.32. The van der Waals surface area contributed by atoms with Crippen LogP contribution in [0, 0.1) is 11.8 Å². The van der Waals surface area contributed by atoms with Gasteiger partial charge in [-0.05, 0) is 24.0 Å². The zero-order valence-electron chi connectivity index (χ0n) is 12.5. The van der Waals surface area contributed by atoms with Gasteiger partial charge in [0.25, 0.3) is 0 Å². The maximum absolute atomic E-state index is 12.2. The van der Waals surface area contributed by atoms with Gasteiger partial charge >= 0.3 is 0 Å². The van der Waals surface area contributed by atoms with Crippen molar-refractivity contribution in [3.05, 3.63) is 24.3 Å². The summed E-state index contributed by atoms with van der Waals surface area (Å²) >= 11 is 0. The number of hydrogen-bond acceptors (Lipinski definition) is 4. The molecule has 114 valence electrons. The van der Waals surface area contributed by atoms with Crippen LogP contribution in [-0.2, 0) is 18.2 Å². The molecule has 0 spiro atoms. The Balaban J connectivity index is 2.82. The molecule has 0 heterocycles. The average Bonchev–Trinajstić information content (AvgIpc) is 2.42. The lowest BCUT2D eigenvalue weighted by Gasteiger charge is -2.12. The molecule has 2 unspecified atom stereocenters. The predicted molar refractivity (Wildman–Crippen MR) is 85.3 cm³/mol. The van der Waals surface area contributed by atoms with E-state index in [1.54, 1.807) is 24.3 Å². The second-order valence-electron chi connectivity index (χ2n) is 5.53. The van der Waals surface area contributed by atoms with E-state index in [2.05, 4.69) is 0 Å². The van der Waals surface area contributed by atoms with Gasteiger partial charge in [-0.3, -0.25) is 9.13 Å². The maximum Gasteiger partial charge on any atom is 0.221 e. The Labute approximate surface area is 122 Å². The van der Waals surface area contributed by atoms with Gasteiger partial charge in [-0.2, -0.15) is 0 Å². The van der Waals surface area contributed by atoms with Crippen molar-refractivity contribution >= 4 is 26.7 Å². The molecule has 0 amide bonds. The van der Waals surface area contributed by atoms with Gasteiger partial charge in [0.05, 0.1) is 13.2 Å². The van der Waals surface area contributed by atoms with Crippen LogP contribution in [0.4, 0.5) is 0 Å². The van der Waals surface area contributed by atoms with E-state index in [0.29, 0.717) is 35.7 Å². The van der Waals surface area contributed by atoms with Crippen molar-refractivity contribution < 1.29 is 18.2 Å². The number of benzene rings is 1. The molecule has 0 aliphatic carbocycles. The van der Waals surface area contributed by atoms with E-state index in [0.717, 1.165) is 0 Å². The first-order valence-corrected chi connectivity index (χ1v) is 9.48. The van der Waals surface area contributed by atoms with Crippen LogP contribution in [-0.4, -0.2) is 13.2 Å². The predicted octanol–water partition coefficient (Wildman–Crippen LogP) is 3.23. The summed E-state index contributed by atoms with van der Waals surface area (Å²) < 4.78 is 35.1. The first-order valence-electron chi connectivity index (χ1n) is 6.85. The van der Waals surface area contributed by atoms with Crippen molar-refractivity contribution in [3.63, 3.8) is 0 Å². The lowest BCUT2D eigenvalue weighted by molar-refractivity contribution is 0.286. The first-order chi connectivity index (χ1) is 9.41. The largest absolute Gasteiger partial charge is 0.327 e. The summed E-state index contributed by atoms with van der Waals surface area (Å²) in [6.45, 7) is 8.84. The van der Waals surface area contributed by atoms with Crippen molar-refractivity contribution in [2.45, 2.75) is 27.7 Å². The monoisotopic (exact) mass is 318 g/mol. The van der Waals surface area contributed by atoms with Gasteiger partial charge in [0.15, 0.2) is 0 Å². The highest BCUT2D eigenvalue weighted by atomic mass is 31.1. The minimum Gasteiger partial charge on any atom is -0.327 e. The summed E-state index contributed by atoms with van der Waals surface area (Å²) in [6, 6.07) is 6.96. The van der Waals surface area contributed by atoms with Crippen LogP contribution in [0.5, 0.6) is 0 Å². The van der Waals surface area contributed by atoms with Crippen LogP contribution in [0.25, 0.3) is 0 Å². The molecular weight excluding hydrogens is 294 g/mol. The van der Waals surface area contributed by atoms with Crippen molar-refractivity contribution in [3.8, 4) is 0 Å². The molecule has 2 atom stereocenters. The van der Waals surface area contributed by atoms with Crippen LogP contribution in [0.2, 0.25) is 0 Å². The van der Waals surface area contributed by atoms with Gasteiger partial charge in [0.1, 0.15) is 0 Å². The van der Waals surface area contributed by atoms with Crippen molar-refractivity contribution in [2.75, 3.05) is 13.2 Å². The molecule has 0 bridgehead atoms. The molecule has 1 aromatic carbocycles. The molecule has 20 heavy (non-hydrogen) atoms. The van der Waals surface area contributed by atoms with Crippen molar-refractivity contribution in [1.82, 2.24) is 0 Å². The maximum atomic E-state index is 12.2. The zero-order valence-corrected chi connectivity index (χ0v) is 14.5. The highest BCUT2D eigenvalue weighted by Crippen LogP contribution is 2.28. The Hall–Kier alpha value is -0.400. The Bertz CT molecular complexity index is 429. The summed E-state index contributed by atoms with van der Waals surface area (Å²) in [6.07, 6.45) is 0. The fourth-order valence-electron chi connectivity index (χ4n) is 1.48. The third-order valence-electron chi connectivity index (χ3n) is 2.46. The van der Waals surface area contributed by atoms with E-state index >= 15 is 0 Å². The van der Waals surface area contributed by atoms with Gasteiger partial charge < -0.3 is 9.05 Å². The highest BCUT2D eigenvalue weighted by Gasteiger charge is 2.15. The molecule has 0 aromatic heterocycles.